The zero-order valence-corrected chi connectivity index (χ0v) is 10.5. The molecule has 1 aromatic rings. The molecule has 108 valence electrons. The highest BCUT2D eigenvalue weighted by molar-refractivity contribution is 5.69. The van der Waals surface area contributed by atoms with Gasteiger partial charge in [0, 0.05) is 19.3 Å². The number of halogens is 3. The lowest BCUT2D eigenvalue weighted by Crippen LogP contribution is -2.37. The van der Waals surface area contributed by atoms with Crippen molar-refractivity contribution in [2.45, 2.75) is 32.6 Å². The number of hydrogen-bond acceptors (Lipinski definition) is 3. The molecule has 0 unspecified atom stereocenters. The lowest BCUT2D eigenvalue weighted by Gasteiger charge is -2.22. The van der Waals surface area contributed by atoms with E-state index in [2.05, 4.69) is 4.98 Å². The minimum Gasteiger partial charge on any atom is -0.480 e. The van der Waals surface area contributed by atoms with Gasteiger partial charge in [-0.1, -0.05) is 6.92 Å². The third-order valence-corrected chi connectivity index (χ3v) is 2.41. The van der Waals surface area contributed by atoms with Crippen LogP contribution in [0, 0.1) is 0 Å². The quantitative estimate of drug-likeness (QED) is 0.826. The van der Waals surface area contributed by atoms with Gasteiger partial charge in [0.2, 0.25) is 0 Å². The first kappa shape index (κ1) is 15.5. The second-order valence-electron chi connectivity index (χ2n) is 4.23. The maximum absolute atomic E-state index is 12.4. The molecular formula is C11H16F3N3O2. The van der Waals surface area contributed by atoms with Crippen molar-refractivity contribution in [3.05, 3.63) is 18.2 Å². The molecule has 1 heterocycles. The number of aliphatic carboxylic acids is 1. The molecule has 0 aliphatic rings. The molecule has 0 bridgehead atoms. The van der Waals surface area contributed by atoms with Crippen LogP contribution in [0.2, 0.25) is 0 Å². The number of aryl methyl sites for hydroxylation is 1. The molecule has 0 saturated heterocycles. The van der Waals surface area contributed by atoms with Gasteiger partial charge in [0.1, 0.15) is 0 Å². The zero-order valence-electron chi connectivity index (χ0n) is 10.5. The first-order chi connectivity index (χ1) is 8.81. The van der Waals surface area contributed by atoms with Gasteiger partial charge in [0.05, 0.1) is 25.1 Å². The Balaban J connectivity index is 2.75. The van der Waals surface area contributed by atoms with E-state index in [-0.39, 0.29) is 6.54 Å². The van der Waals surface area contributed by atoms with Gasteiger partial charge < -0.3 is 9.67 Å². The monoisotopic (exact) mass is 279 g/mol. The average molecular weight is 279 g/mol. The molecular weight excluding hydrogens is 263 g/mol. The molecule has 0 atom stereocenters. The summed E-state index contributed by atoms with van der Waals surface area (Å²) < 4.78 is 38.9. The molecule has 0 aliphatic carbocycles. The molecule has 0 radical (unpaired) electrons. The average Bonchev–Trinajstić information content (AvgIpc) is 2.62. The van der Waals surface area contributed by atoms with Crippen LogP contribution in [0.25, 0.3) is 0 Å². The van der Waals surface area contributed by atoms with E-state index >= 15 is 0 Å². The van der Waals surface area contributed by atoms with E-state index in [0.717, 1.165) is 11.3 Å². The Morgan fingerprint density at radius 3 is 2.74 bits per heavy atom. The number of imidazole rings is 1. The molecule has 0 spiro atoms. The number of carbonyl (C=O) groups is 1. The molecule has 0 fully saturated rings. The summed E-state index contributed by atoms with van der Waals surface area (Å²) in [7, 11) is 0. The Kier molecular flexibility index (Phi) is 5.34. The molecule has 5 nitrogen and oxygen atoms in total. The summed E-state index contributed by atoms with van der Waals surface area (Å²) in [6.07, 6.45) is -0.612. The lowest BCUT2D eigenvalue weighted by molar-refractivity contribution is -0.155. The highest BCUT2D eigenvalue weighted by Gasteiger charge is 2.31. The maximum atomic E-state index is 12.4. The van der Waals surface area contributed by atoms with Crippen molar-refractivity contribution in [3.8, 4) is 0 Å². The highest BCUT2D eigenvalue weighted by atomic mass is 19.4. The standard InChI is InChI=1S/C11H16F3N3O2/c1-2-3-17-8-15-4-9(17)5-16(6-10(18)19)7-11(12,13)14/h4,8H,2-3,5-7H2,1H3,(H,18,19). The highest BCUT2D eigenvalue weighted by Crippen LogP contribution is 2.18. The van der Waals surface area contributed by atoms with Crippen molar-refractivity contribution in [1.29, 1.82) is 0 Å². The van der Waals surface area contributed by atoms with Crippen LogP contribution in [0.4, 0.5) is 13.2 Å². The minimum absolute atomic E-state index is 0.0915. The number of carboxylic acid groups (broad SMARTS) is 1. The van der Waals surface area contributed by atoms with Gasteiger partial charge in [-0.15, -0.1) is 0 Å². The fourth-order valence-electron chi connectivity index (χ4n) is 1.76. The second kappa shape index (κ2) is 6.55. The minimum atomic E-state index is -4.43. The van der Waals surface area contributed by atoms with Gasteiger partial charge in [-0.05, 0) is 6.42 Å². The van der Waals surface area contributed by atoms with Crippen LogP contribution in [0.3, 0.4) is 0 Å². The van der Waals surface area contributed by atoms with Gasteiger partial charge in [0.15, 0.2) is 0 Å². The number of nitrogens with zero attached hydrogens (tertiary/aromatic N) is 3. The first-order valence-corrected chi connectivity index (χ1v) is 5.81. The SMILES string of the molecule is CCCn1cncc1CN(CC(=O)O)CC(F)(F)F. The summed E-state index contributed by atoms with van der Waals surface area (Å²) in [6, 6.07) is 0. The van der Waals surface area contributed by atoms with E-state index in [9.17, 15) is 18.0 Å². The topological polar surface area (TPSA) is 58.4 Å². The number of hydrogen-bond donors (Lipinski definition) is 1. The molecule has 0 aromatic carbocycles. The summed E-state index contributed by atoms with van der Waals surface area (Å²) in [4.78, 5) is 15.3. The predicted octanol–water partition coefficient (Wildman–Crippen LogP) is 1.74. The molecule has 0 aliphatic heterocycles. The molecule has 0 saturated carbocycles. The molecule has 19 heavy (non-hydrogen) atoms. The Labute approximate surface area is 108 Å². The molecule has 0 amide bonds. The summed E-state index contributed by atoms with van der Waals surface area (Å²) in [5.74, 6) is -1.29. The van der Waals surface area contributed by atoms with Crippen molar-refractivity contribution in [2.24, 2.45) is 0 Å². The van der Waals surface area contributed by atoms with Crippen molar-refractivity contribution in [2.75, 3.05) is 13.1 Å². The molecule has 1 aromatic heterocycles. The van der Waals surface area contributed by atoms with Gasteiger partial charge in [0.25, 0.3) is 0 Å². The fraction of sp³-hybridized carbons (Fsp3) is 0.636. The fourth-order valence-corrected chi connectivity index (χ4v) is 1.76. The van der Waals surface area contributed by atoms with Crippen molar-refractivity contribution in [1.82, 2.24) is 14.5 Å². The van der Waals surface area contributed by atoms with E-state index in [4.69, 9.17) is 5.11 Å². The van der Waals surface area contributed by atoms with Crippen LogP contribution in [-0.2, 0) is 17.9 Å². The molecule has 8 heteroatoms. The number of rotatable bonds is 7. The number of alkyl halides is 3. The van der Waals surface area contributed by atoms with Gasteiger partial charge in [-0.25, -0.2) is 4.98 Å². The van der Waals surface area contributed by atoms with Crippen LogP contribution in [-0.4, -0.2) is 44.8 Å². The summed E-state index contributed by atoms with van der Waals surface area (Å²) >= 11 is 0. The van der Waals surface area contributed by atoms with Gasteiger partial charge in [-0.3, -0.25) is 9.69 Å². The summed E-state index contributed by atoms with van der Waals surface area (Å²) in [5, 5.41) is 8.65. The third kappa shape index (κ3) is 5.73. The third-order valence-electron chi connectivity index (χ3n) is 2.41. The first-order valence-electron chi connectivity index (χ1n) is 5.81. The largest absolute Gasteiger partial charge is 0.480 e. The zero-order chi connectivity index (χ0) is 14.5. The number of aromatic nitrogens is 2. The molecule has 1 N–H and O–H groups in total. The van der Waals surface area contributed by atoms with Crippen LogP contribution >= 0.6 is 0 Å². The van der Waals surface area contributed by atoms with Crippen molar-refractivity contribution in [3.63, 3.8) is 0 Å². The van der Waals surface area contributed by atoms with E-state index < -0.39 is 25.2 Å². The molecule has 1 rings (SSSR count). The second-order valence-corrected chi connectivity index (χ2v) is 4.23. The van der Waals surface area contributed by atoms with Crippen molar-refractivity contribution < 1.29 is 23.1 Å². The maximum Gasteiger partial charge on any atom is 0.401 e. The van der Waals surface area contributed by atoms with E-state index in [1.54, 1.807) is 4.57 Å². The Hall–Kier alpha value is -1.57. The van der Waals surface area contributed by atoms with Crippen LogP contribution < -0.4 is 0 Å². The van der Waals surface area contributed by atoms with Crippen LogP contribution in [0.5, 0.6) is 0 Å². The Morgan fingerprint density at radius 2 is 2.21 bits per heavy atom. The smallest absolute Gasteiger partial charge is 0.401 e. The van der Waals surface area contributed by atoms with E-state index in [1.165, 1.54) is 12.5 Å². The van der Waals surface area contributed by atoms with Gasteiger partial charge >= 0.3 is 12.1 Å². The van der Waals surface area contributed by atoms with E-state index in [0.29, 0.717) is 12.2 Å². The summed E-state index contributed by atoms with van der Waals surface area (Å²) in [5.41, 5.74) is 0.576. The predicted molar refractivity (Wildman–Crippen MR) is 61.5 cm³/mol. The Bertz CT molecular complexity index is 418. The van der Waals surface area contributed by atoms with Gasteiger partial charge in [-0.2, -0.15) is 13.2 Å². The summed E-state index contributed by atoms with van der Waals surface area (Å²) in [6.45, 7) is 0.579. The Morgan fingerprint density at radius 1 is 1.53 bits per heavy atom. The van der Waals surface area contributed by atoms with Crippen molar-refractivity contribution >= 4 is 5.97 Å². The normalized spacial score (nSPS) is 12.1. The van der Waals surface area contributed by atoms with Crippen LogP contribution in [0.1, 0.15) is 19.0 Å². The lowest BCUT2D eigenvalue weighted by atomic mass is 10.3. The number of carboxylic acids is 1. The van der Waals surface area contributed by atoms with Crippen LogP contribution in [0.15, 0.2) is 12.5 Å². The van der Waals surface area contributed by atoms with E-state index in [1.807, 2.05) is 6.92 Å².